The second-order valence-corrected chi connectivity index (χ2v) is 13.0. The normalized spacial score (nSPS) is 27.3. The maximum atomic E-state index is 12.9. The molecule has 2 rings (SSSR count). The van der Waals surface area contributed by atoms with E-state index in [1.807, 2.05) is 4.67 Å². The fraction of sp³-hybridized carbons (Fsp3) is 1.00. The lowest BCUT2D eigenvalue weighted by molar-refractivity contribution is 0.171. The summed E-state index contributed by atoms with van der Waals surface area (Å²) in [6.07, 6.45) is 1.76. The lowest BCUT2D eigenvalue weighted by Gasteiger charge is -2.40. The van der Waals surface area contributed by atoms with E-state index in [4.69, 9.17) is 67.1 Å². The average molecular weight is 585 g/mol. The topological polar surface area (TPSA) is 74.4 Å². The Balaban J connectivity index is 0.000000316. The Bertz CT molecular complexity index is 560. The predicted octanol–water partition coefficient (Wildman–Crippen LogP) is 4.72. The fourth-order valence-corrected chi connectivity index (χ4v) is 9.18. The molecule has 0 bridgehead atoms. The van der Waals surface area contributed by atoms with Gasteiger partial charge in [-0.15, -0.1) is 58.0 Å². The molecule has 0 radical (unpaired) electrons. The van der Waals surface area contributed by atoms with Gasteiger partial charge >= 0.3 is 15.3 Å². The van der Waals surface area contributed by atoms with Crippen molar-refractivity contribution in [2.45, 2.75) is 12.8 Å². The highest BCUT2D eigenvalue weighted by Gasteiger charge is 2.40. The summed E-state index contributed by atoms with van der Waals surface area (Å²) < 4.78 is 41.2. The lowest BCUT2D eigenvalue weighted by atomic mass is 10.4. The molecule has 0 aromatic rings. The molecule has 31 heavy (non-hydrogen) atoms. The lowest BCUT2D eigenvalue weighted by Crippen LogP contribution is -2.39. The third kappa shape index (κ3) is 10.0. The molecular formula is C16H33Cl5N4O4P2. The van der Waals surface area contributed by atoms with Crippen molar-refractivity contribution in [2.75, 3.05) is 88.4 Å². The SMILES string of the molecule is O=P1(N(CCCl)CCCl)NCCCO1.O=P1(N(CCCl)CCCl)OCCCN1CCCl. The van der Waals surface area contributed by atoms with Crippen molar-refractivity contribution in [1.29, 1.82) is 0 Å². The van der Waals surface area contributed by atoms with E-state index in [1.54, 1.807) is 9.34 Å². The monoisotopic (exact) mass is 582 g/mol. The molecule has 15 heteroatoms. The van der Waals surface area contributed by atoms with E-state index in [9.17, 15) is 9.13 Å². The molecule has 0 aromatic heterocycles. The van der Waals surface area contributed by atoms with Crippen LogP contribution in [0.4, 0.5) is 0 Å². The summed E-state index contributed by atoms with van der Waals surface area (Å²) in [5, 5.41) is 2.91. The summed E-state index contributed by atoms with van der Waals surface area (Å²) in [7, 11) is -5.81. The molecule has 0 aliphatic carbocycles. The molecular weight excluding hydrogens is 551 g/mol. The molecule has 8 nitrogen and oxygen atoms in total. The van der Waals surface area contributed by atoms with Crippen molar-refractivity contribution in [3.63, 3.8) is 0 Å². The van der Waals surface area contributed by atoms with Gasteiger partial charge in [-0.25, -0.2) is 19.1 Å². The average Bonchev–Trinajstić information content (AvgIpc) is 2.76. The van der Waals surface area contributed by atoms with Crippen LogP contribution in [0.25, 0.3) is 0 Å². The second kappa shape index (κ2) is 17.2. The van der Waals surface area contributed by atoms with E-state index < -0.39 is 15.3 Å². The summed E-state index contributed by atoms with van der Waals surface area (Å²) in [4.78, 5) is 0. The molecule has 2 unspecified atom stereocenters. The first kappa shape index (κ1) is 30.7. The molecule has 186 valence electrons. The molecule has 2 saturated heterocycles. The van der Waals surface area contributed by atoms with Gasteiger partial charge in [0.05, 0.1) is 13.2 Å². The summed E-state index contributed by atoms with van der Waals surface area (Å²) in [5.74, 6) is 2.08. The Kier molecular flexibility index (Phi) is 17.0. The minimum atomic E-state index is -2.97. The van der Waals surface area contributed by atoms with E-state index in [0.717, 1.165) is 25.9 Å². The van der Waals surface area contributed by atoms with Crippen LogP contribution in [-0.2, 0) is 18.2 Å². The van der Waals surface area contributed by atoms with Crippen molar-refractivity contribution in [1.82, 2.24) is 19.1 Å². The maximum Gasteiger partial charge on any atom is 0.346 e. The summed E-state index contributed by atoms with van der Waals surface area (Å²) >= 11 is 28.4. The summed E-state index contributed by atoms with van der Waals surface area (Å²) in [6.45, 7) is 5.12. The molecule has 2 aliphatic rings. The quantitative estimate of drug-likeness (QED) is 0.261. The van der Waals surface area contributed by atoms with E-state index >= 15 is 0 Å². The fourth-order valence-electron chi connectivity index (χ4n) is 3.07. The van der Waals surface area contributed by atoms with Crippen LogP contribution in [0.5, 0.6) is 0 Å². The van der Waals surface area contributed by atoms with Gasteiger partial charge in [0.25, 0.3) is 0 Å². The number of alkyl halides is 5. The Morgan fingerprint density at radius 2 is 1.32 bits per heavy atom. The number of rotatable bonds is 12. The maximum absolute atomic E-state index is 12.9. The van der Waals surface area contributed by atoms with Crippen LogP contribution in [0.15, 0.2) is 0 Å². The number of hydrogen-bond donors (Lipinski definition) is 1. The summed E-state index contributed by atoms with van der Waals surface area (Å²) in [5.41, 5.74) is 0. The minimum absolute atomic E-state index is 0.402. The van der Waals surface area contributed by atoms with Crippen LogP contribution in [0.3, 0.4) is 0 Å². The van der Waals surface area contributed by atoms with Crippen molar-refractivity contribution >= 4 is 73.3 Å². The van der Waals surface area contributed by atoms with Gasteiger partial charge in [0, 0.05) is 75.2 Å². The van der Waals surface area contributed by atoms with E-state index in [2.05, 4.69) is 5.09 Å². The van der Waals surface area contributed by atoms with Crippen molar-refractivity contribution in [3.8, 4) is 0 Å². The van der Waals surface area contributed by atoms with Crippen molar-refractivity contribution in [3.05, 3.63) is 0 Å². The van der Waals surface area contributed by atoms with Crippen molar-refractivity contribution in [2.24, 2.45) is 0 Å². The number of halogens is 5. The van der Waals surface area contributed by atoms with Crippen molar-refractivity contribution < 1.29 is 18.2 Å². The standard InChI is InChI=1S/C9H18Cl3N2O2P.C7H15Cl2N2O2P/c10-2-6-13-5-1-9-16-17(13,15)14(7-3-11)8-4-12;8-2-5-11(6-3-9)14(12)10-4-1-7-13-14/h1-9H2;1-7H2,(H,10,12). The molecule has 2 fully saturated rings. The number of nitrogens with zero attached hydrogens (tertiary/aromatic N) is 3. The first-order chi connectivity index (χ1) is 14.9. The Hall–Kier alpha value is 1.67. The van der Waals surface area contributed by atoms with E-state index in [-0.39, 0.29) is 0 Å². The van der Waals surface area contributed by atoms with Crippen LogP contribution < -0.4 is 5.09 Å². The zero-order valence-electron chi connectivity index (χ0n) is 17.6. The highest BCUT2D eigenvalue weighted by Crippen LogP contribution is 2.56. The second-order valence-electron chi connectivity index (χ2n) is 6.60. The number of nitrogens with one attached hydrogen (secondary N) is 1. The largest absolute Gasteiger partial charge is 0.346 e. The van der Waals surface area contributed by atoms with Crippen LogP contribution in [-0.4, -0.2) is 102 Å². The summed E-state index contributed by atoms with van der Waals surface area (Å²) in [6, 6.07) is 0. The number of hydrogen-bond acceptors (Lipinski definition) is 4. The van der Waals surface area contributed by atoms with Crippen LogP contribution in [0.2, 0.25) is 0 Å². The van der Waals surface area contributed by atoms with Gasteiger partial charge in [-0.3, -0.25) is 9.13 Å². The molecule has 2 heterocycles. The highest BCUT2D eigenvalue weighted by molar-refractivity contribution is 7.54. The smallest absolute Gasteiger partial charge is 0.306 e. The Morgan fingerprint density at radius 1 is 0.774 bits per heavy atom. The zero-order chi connectivity index (χ0) is 23.2. The highest BCUT2D eigenvalue weighted by atomic mass is 35.5. The van der Waals surface area contributed by atoms with Crippen LogP contribution in [0, 0.1) is 0 Å². The Morgan fingerprint density at radius 3 is 1.81 bits per heavy atom. The predicted molar refractivity (Wildman–Crippen MR) is 133 cm³/mol. The van der Waals surface area contributed by atoms with E-state index in [0.29, 0.717) is 75.3 Å². The molecule has 1 N–H and O–H groups in total. The minimum Gasteiger partial charge on any atom is -0.306 e. The first-order valence-corrected chi connectivity index (χ1v) is 16.0. The molecule has 2 aliphatic heterocycles. The zero-order valence-corrected chi connectivity index (χ0v) is 23.1. The van der Waals surface area contributed by atoms with Crippen LogP contribution >= 0.6 is 73.3 Å². The van der Waals surface area contributed by atoms with Crippen LogP contribution in [0.1, 0.15) is 12.8 Å². The Labute approximate surface area is 211 Å². The third-order valence-electron chi connectivity index (χ3n) is 4.52. The van der Waals surface area contributed by atoms with Gasteiger partial charge in [0.1, 0.15) is 0 Å². The molecule has 2 atom stereocenters. The van der Waals surface area contributed by atoms with Gasteiger partial charge in [-0.05, 0) is 12.8 Å². The van der Waals surface area contributed by atoms with Gasteiger partial charge in [-0.2, -0.15) is 0 Å². The van der Waals surface area contributed by atoms with Gasteiger partial charge in [0.2, 0.25) is 0 Å². The van der Waals surface area contributed by atoms with Gasteiger partial charge < -0.3 is 9.05 Å². The molecule has 0 aromatic carbocycles. The van der Waals surface area contributed by atoms with Gasteiger partial charge in [-0.1, -0.05) is 0 Å². The third-order valence-corrected chi connectivity index (χ3v) is 10.4. The molecule has 0 saturated carbocycles. The molecule has 0 spiro atoms. The first-order valence-electron chi connectivity index (χ1n) is 10.2. The molecule has 0 amide bonds. The van der Waals surface area contributed by atoms with E-state index in [1.165, 1.54) is 0 Å². The van der Waals surface area contributed by atoms with Gasteiger partial charge in [0.15, 0.2) is 0 Å².